The summed E-state index contributed by atoms with van der Waals surface area (Å²) in [5.41, 5.74) is 6.03. The fourth-order valence-electron chi connectivity index (χ4n) is 4.47. The van der Waals surface area contributed by atoms with Crippen molar-refractivity contribution >= 4 is 68.5 Å². The Balaban J connectivity index is 1.30. The zero-order valence-electron chi connectivity index (χ0n) is 21.8. The molecule has 0 radical (unpaired) electrons. The van der Waals surface area contributed by atoms with Crippen molar-refractivity contribution in [1.29, 1.82) is 0 Å². The van der Waals surface area contributed by atoms with Crippen LogP contribution in [0.15, 0.2) is 54.6 Å². The number of carbonyl (C=O) groups is 2. The Bertz CT molecular complexity index is 1790. The second-order valence-electron chi connectivity index (χ2n) is 9.53. The Morgan fingerprint density at radius 3 is 2.33 bits per heavy atom. The van der Waals surface area contributed by atoms with Crippen LogP contribution in [0.25, 0.3) is 22.1 Å². The number of nitrogens with zero attached hydrogens (tertiary/aromatic N) is 7. The molecule has 2 aromatic heterocycles. The molecule has 200 valence electrons. The Labute approximate surface area is 233 Å². The molecule has 6 rings (SSSR count). The van der Waals surface area contributed by atoms with E-state index >= 15 is 0 Å². The molecule has 0 atom stereocenters. The van der Waals surface area contributed by atoms with Crippen molar-refractivity contribution in [2.75, 3.05) is 29.2 Å². The predicted octanol–water partition coefficient (Wildman–Crippen LogP) is 5.19. The number of rotatable bonds is 6. The summed E-state index contributed by atoms with van der Waals surface area (Å²) in [6.45, 7) is 1.97. The van der Waals surface area contributed by atoms with Gasteiger partial charge in [-0.05, 0) is 78.7 Å². The topological polar surface area (TPSA) is 126 Å². The minimum absolute atomic E-state index is 0.0345. The molecule has 5 aromatic rings. The average Bonchev–Trinajstić information content (AvgIpc) is 3.25. The number of anilines is 4. The second kappa shape index (κ2) is 10.0. The Hall–Kier alpha value is -4.90. The van der Waals surface area contributed by atoms with Crippen LogP contribution in [0.1, 0.15) is 18.4 Å². The normalized spacial score (nSPS) is 13.3. The number of benzene rings is 3. The van der Waals surface area contributed by atoms with E-state index in [1.165, 1.54) is 4.90 Å². The number of imide groups is 1. The van der Waals surface area contributed by atoms with E-state index in [1.54, 1.807) is 24.3 Å². The summed E-state index contributed by atoms with van der Waals surface area (Å²) in [5, 5.41) is 3.12. The quantitative estimate of drug-likeness (QED) is 0.221. The number of aryl methyl sites for hydroxylation is 1. The number of fused-ring (bicyclic) bond motifs is 2. The molecule has 0 saturated carbocycles. The van der Waals surface area contributed by atoms with E-state index in [9.17, 15) is 9.59 Å². The molecule has 0 spiro atoms. The third-order valence-electron chi connectivity index (χ3n) is 6.37. The summed E-state index contributed by atoms with van der Waals surface area (Å²) in [4.78, 5) is 49.5. The number of ether oxygens (including phenoxy) is 1. The van der Waals surface area contributed by atoms with E-state index < -0.39 is 0 Å². The lowest BCUT2D eigenvalue weighted by Gasteiger charge is -2.14. The van der Waals surface area contributed by atoms with Gasteiger partial charge in [0.15, 0.2) is 0 Å². The van der Waals surface area contributed by atoms with Gasteiger partial charge in [0.1, 0.15) is 11.3 Å². The molecule has 40 heavy (non-hydrogen) atoms. The van der Waals surface area contributed by atoms with E-state index in [0.717, 1.165) is 27.8 Å². The number of nitrogens with one attached hydrogen (secondary N) is 1. The Morgan fingerprint density at radius 2 is 1.60 bits per heavy atom. The first-order valence-corrected chi connectivity index (χ1v) is 12.8. The molecule has 11 nitrogen and oxygen atoms in total. The van der Waals surface area contributed by atoms with E-state index in [0.29, 0.717) is 22.6 Å². The van der Waals surface area contributed by atoms with Gasteiger partial charge in [0.25, 0.3) is 0 Å². The van der Waals surface area contributed by atoms with Gasteiger partial charge in [-0.15, -0.1) is 0 Å². The van der Waals surface area contributed by atoms with Crippen LogP contribution in [0, 0.1) is 6.92 Å². The summed E-state index contributed by atoms with van der Waals surface area (Å²) in [6, 6.07) is 16.3. The van der Waals surface area contributed by atoms with E-state index in [-0.39, 0.29) is 41.9 Å². The van der Waals surface area contributed by atoms with Gasteiger partial charge < -0.3 is 15.0 Å². The van der Waals surface area contributed by atoms with Gasteiger partial charge in [0.2, 0.25) is 23.0 Å². The van der Waals surface area contributed by atoms with E-state index in [2.05, 4.69) is 20.3 Å². The average molecular weight is 555 g/mol. The summed E-state index contributed by atoms with van der Waals surface area (Å²) in [5.74, 6) is 0.109. The Morgan fingerprint density at radius 1 is 0.850 bits per heavy atom. The molecule has 2 amide bonds. The minimum atomic E-state index is -0.224. The highest BCUT2D eigenvalue weighted by molar-refractivity contribution is 6.28. The number of halogens is 1. The van der Waals surface area contributed by atoms with Crippen molar-refractivity contribution in [2.45, 2.75) is 19.8 Å². The first kappa shape index (κ1) is 25.4. The smallest absolute Gasteiger partial charge is 0.328 e. The van der Waals surface area contributed by atoms with Crippen LogP contribution in [-0.2, 0) is 9.59 Å². The number of hydrogen-bond acceptors (Lipinski definition) is 10. The molecule has 1 fully saturated rings. The largest absolute Gasteiger partial charge is 0.424 e. The number of aromatic nitrogens is 5. The zero-order valence-corrected chi connectivity index (χ0v) is 22.6. The molecule has 1 N–H and O–H groups in total. The van der Waals surface area contributed by atoms with Gasteiger partial charge in [-0.3, -0.25) is 14.5 Å². The lowest BCUT2D eigenvalue weighted by Crippen LogP contribution is -2.28. The van der Waals surface area contributed by atoms with Crippen LogP contribution < -0.4 is 19.9 Å². The third kappa shape index (κ3) is 4.94. The molecular formula is C28H23ClN8O3. The maximum Gasteiger partial charge on any atom is 0.328 e. The predicted molar refractivity (Wildman–Crippen MR) is 152 cm³/mol. The van der Waals surface area contributed by atoms with Crippen LogP contribution in [0.2, 0.25) is 5.28 Å². The molecular weight excluding hydrogens is 532 g/mol. The first-order valence-electron chi connectivity index (χ1n) is 12.5. The van der Waals surface area contributed by atoms with Crippen LogP contribution in [-0.4, -0.2) is 50.8 Å². The fourth-order valence-corrected chi connectivity index (χ4v) is 4.62. The summed E-state index contributed by atoms with van der Waals surface area (Å²) >= 11 is 6.20. The van der Waals surface area contributed by atoms with Gasteiger partial charge in [-0.25, -0.2) is 9.97 Å². The SMILES string of the molecule is Cc1cc(Nc2nc(Cl)nc(Oc3ccc(N4C(=O)CCC4=O)cc3)n2)c2nc3cc(N(C)C)ccc3nc2c1. The molecule has 12 heteroatoms. The van der Waals surface area contributed by atoms with Crippen molar-refractivity contribution in [3.63, 3.8) is 0 Å². The van der Waals surface area contributed by atoms with Crippen LogP contribution >= 0.6 is 11.6 Å². The zero-order chi connectivity index (χ0) is 28.0. The highest BCUT2D eigenvalue weighted by Gasteiger charge is 2.30. The molecule has 0 aliphatic carbocycles. The third-order valence-corrected chi connectivity index (χ3v) is 6.54. The van der Waals surface area contributed by atoms with Crippen molar-refractivity contribution in [2.24, 2.45) is 0 Å². The summed E-state index contributed by atoms with van der Waals surface area (Å²) in [6.07, 6.45) is 0.427. The monoisotopic (exact) mass is 554 g/mol. The highest BCUT2D eigenvalue weighted by atomic mass is 35.5. The van der Waals surface area contributed by atoms with Crippen molar-refractivity contribution < 1.29 is 14.3 Å². The molecule has 1 saturated heterocycles. The molecule has 0 unspecified atom stereocenters. The molecule has 0 bridgehead atoms. The highest BCUT2D eigenvalue weighted by Crippen LogP contribution is 2.30. The lowest BCUT2D eigenvalue weighted by atomic mass is 10.1. The van der Waals surface area contributed by atoms with Gasteiger partial charge in [0.05, 0.1) is 27.9 Å². The minimum Gasteiger partial charge on any atom is -0.424 e. The van der Waals surface area contributed by atoms with E-state index in [4.69, 9.17) is 26.3 Å². The second-order valence-corrected chi connectivity index (χ2v) is 9.86. The lowest BCUT2D eigenvalue weighted by molar-refractivity contribution is -0.121. The molecule has 3 heterocycles. The maximum absolute atomic E-state index is 12.0. The first-order chi connectivity index (χ1) is 19.2. The molecule has 3 aromatic carbocycles. The van der Waals surface area contributed by atoms with Crippen molar-refractivity contribution in [1.82, 2.24) is 24.9 Å². The van der Waals surface area contributed by atoms with Crippen molar-refractivity contribution in [3.05, 3.63) is 65.4 Å². The Kier molecular flexibility index (Phi) is 6.35. The van der Waals surface area contributed by atoms with Crippen LogP contribution in [0.5, 0.6) is 11.8 Å². The summed E-state index contributed by atoms with van der Waals surface area (Å²) in [7, 11) is 3.94. The van der Waals surface area contributed by atoms with Gasteiger partial charge in [0, 0.05) is 32.6 Å². The van der Waals surface area contributed by atoms with Crippen LogP contribution in [0.4, 0.5) is 23.0 Å². The maximum atomic E-state index is 12.0. The summed E-state index contributed by atoms with van der Waals surface area (Å²) < 4.78 is 5.81. The molecule has 1 aliphatic rings. The fraction of sp³-hybridized carbons (Fsp3) is 0.179. The molecule has 1 aliphatic heterocycles. The number of hydrogen-bond donors (Lipinski definition) is 1. The van der Waals surface area contributed by atoms with Gasteiger partial charge in [-0.2, -0.15) is 15.0 Å². The van der Waals surface area contributed by atoms with Crippen molar-refractivity contribution in [3.8, 4) is 11.8 Å². The number of amides is 2. The van der Waals surface area contributed by atoms with Crippen LogP contribution in [0.3, 0.4) is 0 Å². The van der Waals surface area contributed by atoms with Gasteiger partial charge >= 0.3 is 6.01 Å². The standard InChI is InChI=1S/C28H23ClN8O3/c1-15-12-21-25(31-20-14-17(36(2)3)6-9-19(20)30-21)22(13-15)32-27-33-26(29)34-28(35-27)40-18-7-4-16(5-8-18)37-23(38)10-11-24(37)39/h4-9,12-14H,10-11H2,1-3H3,(H,32,33,34,35). The number of carbonyl (C=O) groups excluding carboxylic acids is 2. The van der Waals surface area contributed by atoms with Gasteiger partial charge in [-0.1, -0.05) is 0 Å². The van der Waals surface area contributed by atoms with E-state index in [1.807, 2.05) is 56.3 Å².